The zero-order chi connectivity index (χ0) is 13.5. The zero-order valence-corrected chi connectivity index (χ0v) is 10.0. The number of urea groups is 1. The Morgan fingerprint density at radius 1 is 1.41 bits per heavy atom. The Kier molecular flexibility index (Phi) is 6.94. The third-order valence-electron chi connectivity index (χ3n) is 2.05. The van der Waals surface area contributed by atoms with Crippen LogP contribution >= 0.6 is 0 Å². The predicted molar refractivity (Wildman–Crippen MR) is 57.6 cm³/mol. The molecule has 0 aromatic carbocycles. The smallest absolute Gasteiger partial charge is 0.389 e. The maximum absolute atomic E-state index is 11.8. The number of unbranched alkanes of at least 4 members (excludes halogenated alkanes) is 1. The number of likely N-dealkylation sites (N-methyl/N-ethyl adjacent to an activating group) is 1. The number of alkyl halides is 3. The minimum atomic E-state index is -4.13. The first kappa shape index (κ1) is 16.0. The Balaban J connectivity index is 3.58. The first-order chi connectivity index (χ1) is 7.72. The first-order valence-corrected chi connectivity index (χ1v) is 5.46. The van der Waals surface area contributed by atoms with Gasteiger partial charge in [-0.3, -0.25) is 0 Å². The van der Waals surface area contributed by atoms with Crippen molar-refractivity contribution in [3.8, 4) is 0 Å². The maximum atomic E-state index is 11.8. The van der Waals surface area contributed by atoms with Crippen LogP contribution in [0.25, 0.3) is 0 Å². The monoisotopic (exact) mass is 256 g/mol. The number of amides is 2. The largest absolute Gasteiger partial charge is 0.392 e. The molecule has 0 aromatic heterocycles. The number of hydrogen-bond acceptors (Lipinski definition) is 2. The van der Waals surface area contributed by atoms with Crippen LogP contribution in [0, 0.1) is 0 Å². The van der Waals surface area contributed by atoms with Crippen molar-refractivity contribution in [2.75, 3.05) is 20.1 Å². The van der Waals surface area contributed by atoms with Gasteiger partial charge in [-0.25, -0.2) is 4.79 Å². The molecule has 1 unspecified atom stereocenters. The molecular formula is C10H19F3N2O2. The Morgan fingerprint density at radius 2 is 2.00 bits per heavy atom. The standard InChI is InChI=1S/C10H19F3N2O2/c1-8(16)7-15(2)9(17)14-6-4-3-5-10(11,12)13/h8,16H,3-7H2,1-2H3,(H,14,17). The Hall–Kier alpha value is -0.980. The molecule has 1 atom stereocenters. The lowest BCUT2D eigenvalue weighted by Gasteiger charge is -2.19. The summed E-state index contributed by atoms with van der Waals surface area (Å²) in [6.07, 6.45) is -5.30. The molecule has 0 aliphatic rings. The van der Waals surface area contributed by atoms with Crippen molar-refractivity contribution in [2.45, 2.75) is 38.5 Å². The van der Waals surface area contributed by atoms with Crippen LogP contribution in [0.2, 0.25) is 0 Å². The van der Waals surface area contributed by atoms with Crippen LogP contribution in [0.1, 0.15) is 26.2 Å². The number of hydrogen-bond donors (Lipinski definition) is 2. The van der Waals surface area contributed by atoms with Crippen LogP contribution in [0.15, 0.2) is 0 Å². The predicted octanol–water partition coefficient (Wildman–Crippen LogP) is 1.74. The van der Waals surface area contributed by atoms with E-state index >= 15 is 0 Å². The van der Waals surface area contributed by atoms with Gasteiger partial charge in [0.15, 0.2) is 0 Å². The second kappa shape index (κ2) is 7.37. The van der Waals surface area contributed by atoms with E-state index < -0.39 is 24.7 Å². The molecule has 0 rings (SSSR count). The highest BCUT2D eigenvalue weighted by molar-refractivity contribution is 5.73. The SMILES string of the molecule is CC(O)CN(C)C(=O)NCCCCC(F)(F)F. The minimum absolute atomic E-state index is 0.00387. The molecule has 7 heteroatoms. The van der Waals surface area contributed by atoms with Crippen LogP contribution in [0.4, 0.5) is 18.0 Å². The third-order valence-corrected chi connectivity index (χ3v) is 2.05. The lowest BCUT2D eigenvalue weighted by Crippen LogP contribution is -2.41. The van der Waals surface area contributed by atoms with E-state index in [9.17, 15) is 18.0 Å². The zero-order valence-electron chi connectivity index (χ0n) is 10.0. The Morgan fingerprint density at radius 3 is 2.47 bits per heavy atom. The molecule has 0 spiro atoms. The number of carbonyl (C=O) groups is 1. The number of halogens is 3. The molecule has 0 saturated heterocycles. The summed E-state index contributed by atoms with van der Waals surface area (Å²) in [6, 6.07) is -0.391. The average Bonchev–Trinajstić information content (AvgIpc) is 2.13. The van der Waals surface area contributed by atoms with E-state index in [-0.39, 0.29) is 25.9 Å². The fourth-order valence-corrected chi connectivity index (χ4v) is 1.26. The fourth-order valence-electron chi connectivity index (χ4n) is 1.26. The van der Waals surface area contributed by atoms with Crippen molar-refractivity contribution in [2.24, 2.45) is 0 Å². The van der Waals surface area contributed by atoms with Gasteiger partial charge in [-0.2, -0.15) is 13.2 Å². The van der Waals surface area contributed by atoms with E-state index in [0.29, 0.717) is 0 Å². The first-order valence-electron chi connectivity index (χ1n) is 5.46. The summed E-state index contributed by atoms with van der Waals surface area (Å²) >= 11 is 0. The highest BCUT2D eigenvalue weighted by atomic mass is 19.4. The minimum Gasteiger partial charge on any atom is -0.392 e. The summed E-state index contributed by atoms with van der Waals surface area (Å²) in [6.45, 7) is 1.94. The van der Waals surface area contributed by atoms with Gasteiger partial charge >= 0.3 is 12.2 Å². The summed E-state index contributed by atoms with van der Waals surface area (Å²) in [5.74, 6) is 0. The topological polar surface area (TPSA) is 52.6 Å². The number of nitrogens with one attached hydrogen (secondary N) is 1. The van der Waals surface area contributed by atoms with Crippen LogP contribution in [0.5, 0.6) is 0 Å². The van der Waals surface area contributed by atoms with Gasteiger partial charge < -0.3 is 15.3 Å². The summed E-state index contributed by atoms with van der Waals surface area (Å²) in [7, 11) is 1.51. The van der Waals surface area contributed by atoms with Gasteiger partial charge in [-0.05, 0) is 19.8 Å². The van der Waals surface area contributed by atoms with E-state index in [4.69, 9.17) is 5.11 Å². The average molecular weight is 256 g/mol. The Labute approximate surface area is 98.8 Å². The van der Waals surface area contributed by atoms with E-state index in [1.165, 1.54) is 11.9 Å². The van der Waals surface area contributed by atoms with Crippen molar-refractivity contribution in [1.29, 1.82) is 0 Å². The van der Waals surface area contributed by atoms with Crippen molar-refractivity contribution < 1.29 is 23.1 Å². The molecule has 0 saturated carbocycles. The third kappa shape index (κ3) is 9.92. The van der Waals surface area contributed by atoms with E-state index in [1.807, 2.05) is 0 Å². The van der Waals surface area contributed by atoms with Crippen LogP contribution in [0.3, 0.4) is 0 Å². The molecule has 0 aromatic rings. The molecule has 0 aliphatic carbocycles. The van der Waals surface area contributed by atoms with Crippen LogP contribution in [-0.4, -0.2) is 48.5 Å². The quantitative estimate of drug-likeness (QED) is 0.711. The molecule has 17 heavy (non-hydrogen) atoms. The van der Waals surface area contributed by atoms with E-state index in [1.54, 1.807) is 6.92 Å². The summed E-state index contributed by atoms with van der Waals surface area (Å²) in [5, 5.41) is 11.5. The van der Waals surface area contributed by atoms with Crippen molar-refractivity contribution in [1.82, 2.24) is 10.2 Å². The second-order valence-electron chi connectivity index (χ2n) is 4.03. The fraction of sp³-hybridized carbons (Fsp3) is 0.900. The molecule has 2 N–H and O–H groups in total. The van der Waals surface area contributed by atoms with Crippen molar-refractivity contribution in [3.05, 3.63) is 0 Å². The van der Waals surface area contributed by atoms with Gasteiger partial charge in [-0.1, -0.05) is 0 Å². The summed E-state index contributed by atoms with van der Waals surface area (Å²) in [5.41, 5.74) is 0. The molecule has 0 fully saturated rings. The highest BCUT2D eigenvalue weighted by Gasteiger charge is 2.25. The van der Waals surface area contributed by atoms with Gasteiger partial charge in [0.05, 0.1) is 6.10 Å². The summed E-state index contributed by atoms with van der Waals surface area (Å²) in [4.78, 5) is 12.6. The second-order valence-corrected chi connectivity index (χ2v) is 4.03. The number of rotatable bonds is 6. The number of aliphatic hydroxyl groups excluding tert-OH is 1. The van der Waals surface area contributed by atoms with Gasteiger partial charge in [0.1, 0.15) is 0 Å². The van der Waals surface area contributed by atoms with Gasteiger partial charge in [0.25, 0.3) is 0 Å². The van der Waals surface area contributed by atoms with Crippen molar-refractivity contribution >= 4 is 6.03 Å². The Bertz CT molecular complexity index is 232. The van der Waals surface area contributed by atoms with Crippen molar-refractivity contribution in [3.63, 3.8) is 0 Å². The van der Waals surface area contributed by atoms with Gasteiger partial charge in [0, 0.05) is 26.6 Å². The highest BCUT2D eigenvalue weighted by Crippen LogP contribution is 2.21. The van der Waals surface area contributed by atoms with Crippen LogP contribution in [-0.2, 0) is 0 Å². The summed E-state index contributed by atoms with van der Waals surface area (Å²) < 4.78 is 35.4. The van der Waals surface area contributed by atoms with Gasteiger partial charge in [-0.15, -0.1) is 0 Å². The number of aliphatic hydroxyl groups is 1. The lowest BCUT2D eigenvalue weighted by molar-refractivity contribution is -0.135. The molecular weight excluding hydrogens is 237 g/mol. The molecule has 0 radical (unpaired) electrons. The molecule has 4 nitrogen and oxygen atoms in total. The molecule has 2 amide bonds. The maximum Gasteiger partial charge on any atom is 0.389 e. The van der Waals surface area contributed by atoms with Gasteiger partial charge in [0.2, 0.25) is 0 Å². The molecule has 102 valence electrons. The lowest BCUT2D eigenvalue weighted by atomic mass is 10.2. The normalized spacial score (nSPS) is 13.3. The molecule has 0 aliphatic heterocycles. The number of carbonyl (C=O) groups excluding carboxylic acids is 1. The number of nitrogens with zero attached hydrogens (tertiary/aromatic N) is 1. The van der Waals surface area contributed by atoms with E-state index in [2.05, 4.69) is 5.32 Å². The van der Waals surface area contributed by atoms with Crippen LogP contribution < -0.4 is 5.32 Å². The molecule has 0 bridgehead atoms. The van der Waals surface area contributed by atoms with E-state index in [0.717, 1.165) is 0 Å². The molecule has 0 heterocycles.